The van der Waals surface area contributed by atoms with Crippen molar-refractivity contribution in [3.8, 4) is 0 Å². The van der Waals surface area contributed by atoms with Gasteiger partial charge in [0.2, 0.25) is 0 Å². The number of nitro groups is 1. The first kappa shape index (κ1) is 11.1. The molecule has 1 aromatic rings. The Kier molecular flexibility index (Phi) is 2.86. The standard InChI is InChI=1S/C6H3BrFNO4S/c7-5-2-1-4(14(8,12)13)3-6(5)9(10)11/h1-3H. The fourth-order valence-corrected chi connectivity index (χ4v) is 1.66. The smallest absolute Gasteiger partial charge is 0.258 e. The molecule has 0 unspecified atom stereocenters. The van der Waals surface area contributed by atoms with Crippen LogP contribution < -0.4 is 0 Å². The number of benzene rings is 1. The third-order valence-electron chi connectivity index (χ3n) is 1.40. The second-order valence-electron chi connectivity index (χ2n) is 2.31. The second kappa shape index (κ2) is 3.62. The largest absolute Gasteiger partial charge is 0.332 e. The van der Waals surface area contributed by atoms with Gasteiger partial charge >= 0.3 is 10.2 Å². The molecule has 0 bridgehead atoms. The first-order chi connectivity index (χ1) is 6.32. The van der Waals surface area contributed by atoms with E-state index < -0.39 is 25.7 Å². The molecule has 0 N–H and O–H groups in total. The third-order valence-corrected chi connectivity index (χ3v) is 2.88. The Hall–Kier alpha value is -1.02. The predicted molar refractivity (Wildman–Crippen MR) is 49.1 cm³/mol. The van der Waals surface area contributed by atoms with Gasteiger partial charge < -0.3 is 0 Å². The number of hydrogen-bond acceptors (Lipinski definition) is 4. The minimum Gasteiger partial charge on any atom is -0.258 e. The van der Waals surface area contributed by atoms with Gasteiger partial charge in [-0.05, 0) is 28.1 Å². The fourth-order valence-electron chi connectivity index (χ4n) is 0.784. The van der Waals surface area contributed by atoms with Crippen LogP contribution in [0.1, 0.15) is 0 Å². The highest BCUT2D eigenvalue weighted by molar-refractivity contribution is 9.10. The van der Waals surface area contributed by atoms with Gasteiger partial charge in [0.25, 0.3) is 5.69 Å². The van der Waals surface area contributed by atoms with Gasteiger partial charge in [-0.3, -0.25) is 10.1 Å². The summed E-state index contributed by atoms with van der Waals surface area (Å²) >= 11 is 2.84. The van der Waals surface area contributed by atoms with Crippen molar-refractivity contribution in [3.63, 3.8) is 0 Å². The highest BCUT2D eigenvalue weighted by Crippen LogP contribution is 2.27. The van der Waals surface area contributed by atoms with Crippen LogP contribution in [0.3, 0.4) is 0 Å². The highest BCUT2D eigenvalue weighted by Gasteiger charge is 2.19. The molecule has 0 atom stereocenters. The van der Waals surface area contributed by atoms with Crippen LogP contribution in [-0.4, -0.2) is 13.3 Å². The topological polar surface area (TPSA) is 77.3 Å². The lowest BCUT2D eigenvalue weighted by molar-refractivity contribution is -0.385. The predicted octanol–water partition coefficient (Wildman–Crippen LogP) is 2.02. The van der Waals surface area contributed by atoms with Crippen molar-refractivity contribution in [2.75, 3.05) is 0 Å². The average molecular weight is 284 g/mol. The Morgan fingerprint density at radius 1 is 1.43 bits per heavy atom. The van der Waals surface area contributed by atoms with Crippen LogP contribution in [-0.2, 0) is 10.2 Å². The van der Waals surface area contributed by atoms with Gasteiger partial charge in [-0.25, -0.2) is 0 Å². The van der Waals surface area contributed by atoms with Gasteiger partial charge in [0.1, 0.15) is 4.90 Å². The lowest BCUT2D eigenvalue weighted by Gasteiger charge is -1.97. The Balaban J connectivity index is 3.42. The van der Waals surface area contributed by atoms with Crippen LogP contribution in [0.5, 0.6) is 0 Å². The summed E-state index contributed by atoms with van der Waals surface area (Å²) in [4.78, 5) is 8.82. The van der Waals surface area contributed by atoms with Crippen LogP contribution in [0, 0.1) is 10.1 Å². The Bertz CT molecular complexity index is 487. The minimum absolute atomic E-state index is 0.0925. The number of hydrogen-bond donors (Lipinski definition) is 0. The lowest BCUT2D eigenvalue weighted by Crippen LogP contribution is -1.95. The third kappa shape index (κ3) is 2.26. The molecule has 0 fully saturated rings. The zero-order chi connectivity index (χ0) is 10.9. The first-order valence-electron chi connectivity index (χ1n) is 3.21. The number of nitro benzene ring substituents is 1. The summed E-state index contributed by atoms with van der Waals surface area (Å²) in [5, 5.41) is 10.4. The molecule has 0 aliphatic carbocycles. The van der Waals surface area contributed by atoms with E-state index in [1.165, 1.54) is 0 Å². The van der Waals surface area contributed by atoms with Crippen molar-refractivity contribution < 1.29 is 17.2 Å². The van der Waals surface area contributed by atoms with Crippen molar-refractivity contribution in [2.45, 2.75) is 4.90 Å². The molecule has 76 valence electrons. The van der Waals surface area contributed by atoms with Crippen molar-refractivity contribution in [3.05, 3.63) is 32.8 Å². The van der Waals surface area contributed by atoms with E-state index in [2.05, 4.69) is 15.9 Å². The number of nitrogens with zero attached hydrogens (tertiary/aromatic N) is 1. The molecular weight excluding hydrogens is 281 g/mol. The molecule has 14 heavy (non-hydrogen) atoms. The quantitative estimate of drug-likeness (QED) is 0.473. The van der Waals surface area contributed by atoms with Crippen LogP contribution in [0.15, 0.2) is 27.6 Å². The monoisotopic (exact) mass is 283 g/mol. The van der Waals surface area contributed by atoms with E-state index >= 15 is 0 Å². The molecule has 8 heteroatoms. The van der Waals surface area contributed by atoms with Crippen molar-refractivity contribution in [1.29, 1.82) is 0 Å². The van der Waals surface area contributed by atoms with E-state index in [1.54, 1.807) is 0 Å². The molecule has 0 aromatic heterocycles. The maximum absolute atomic E-state index is 12.4. The van der Waals surface area contributed by atoms with Gasteiger partial charge in [-0.1, -0.05) is 0 Å². The minimum atomic E-state index is -4.90. The van der Waals surface area contributed by atoms with E-state index in [0.29, 0.717) is 6.07 Å². The van der Waals surface area contributed by atoms with Gasteiger partial charge in [0.05, 0.1) is 9.40 Å². The van der Waals surface area contributed by atoms with Gasteiger partial charge in [0.15, 0.2) is 0 Å². The molecule has 0 aliphatic heterocycles. The maximum Gasteiger partial charge on any atom is 0.332 e. The highest BCUT2D eigenvalue weighted by atomic mass is 79.9. The summed E-state index contributed by atoms with van der Waals surface area (Å²) < 4.78 is 33.4. The summed E-state index contributed by atoms with van der Waals surface area (Å²) in [6.45, 7) is 0. The first-order valence-corrected chi connectivity index (χ1v) is 5.38. The molecular formula is C6H3BrFNO4S. The van der Waals surface area contributed by atoms with E-state index in [4.69, 9.17) is 0 Å². The zero-order valence-corrected chi connectivity index (χ0v) is 8.88. The van der Waals surface area contributed by atoms with Gasteiger partial charge in [-0.15, -0.1) is 3.89 Å². The molecule has 1 rings (SSSR count). The summed E-state index contributed by atoms with van der Waals surface area (Å²) in [5.74, 6) is 0. The molecule has 0 saturated carbocycles. The zero-order valence-electron chi connectivity index (χ0n) is 6.48. The summed E-state index contributed by atoms with van der Waals surface area (Å²) in [6.07, 6.45) is 0. The summed E-state index contributed by atoms with van der Waals surface area (Å²) in [7, 11) is -4.90. The van der Waals surface area contributed by atoms with Gasteiger partial charge in [0, 0.05) is 6.07 Å². The SMILES string of the molecule is O=[N+]([O-])c1cc(S(=O)(=O)F)ccc1Br. The summed E-state index contributed by atoms with van der Waals surface area (Å²) in [5.41, 5.74) is -0.497. The van der Waals surface area contributed by atoms with E-state index in [-0.39, 0.29) is 4.47 Å². The van der Waals surface area contributed by atoms with E-state index in [9.17, 15) is 22.4 Å². The molecule has 5 nitrogen and oxygen atoms in total. The molecule has 0 spiro atoms. The Morgan fingerprint density at radius 3 is 2.43 bits per heavy atom. The second-order valence-corrected chi connectivity index (χ2v) is 4.51. The van der Waals surface area contributed by atoms with Crippen molar-refractivity contribution in [1.82, 2.24) is 0 Å². The average Bonchev–Trinajstić information content (AvgIpc) is 2.02. The number of halogens is 2. The van der Waals surface area contributed by atoms with E-state index in [0.717, 1.165) is 12.1 Å². The van der Waals surface area contributed by atoms with Crippen LogP contribution in [0.25, 0.3) is 0 Å². The molecule has 0 amide bonds. The lowest BCUT2D eigenvalue weighted by atomic mass is 10.3. The molecule has 0 radical (unpaired) electrons. The van der Waals surface area contributed by atoms with Crippen molar-refractivity contribution in [2.24, 2.45) is 0 Å². The molecule has 0 heterocycles. The molecule has 0 saturated heterocycles. The Labute approximate surface area is 87.0 Å². The maximum atomic E-state index is 12.4. The Morgan fingerprint density at radius 2 is 2.00 bits per heavy atom. The van der Waals surface area contributed by atoms with Crippen LogP contribution in [0.2, 0.25) is 0 Å². The van der Waals surface area contributed by atoms with Crippen molar-refractivity contribution >= 4 is 31.8 Å². The molecule has 0 aliphatic rings. The molecule has 1 aromatic carbocycles. The van der Waals surface area contributed by atoms with Crippen LogP contribution in [0.4, 0.5) is 9.57 Å². The van der Waals surface area contributed by atoms with Crippen LogP contribution >= 0.6 is 15.9 Å². The summed E-state index contributed by atoms with van der Waals surface area (Å²) in [6, 6.07) is 2.69. The van der Waals surface area contributed by atoms with E-state index in [1.807, 2.05) is 0 Å². The van der Waals surface area contributed by atoms with Gasteiger partial charge in [-0.2, -0.15) is 8.42 Å². The fraction of sp³-hybridized carbons (Fsp3) is 0. The number of rotatable bonds is 2. The normalized spacial score (nSPS) is 11.3.